The third kappa shape index (κ3) is 3.45. The maximum Gasteiger partial charge on any atom is 0.258 e. The van der Waals surface area contributed by atoms with Crippen LogP contribution in [0.1, 0.15) is 43.1 Å². The van der Waals surface area contributed by atoms with Crippen LogP contribution < -0.4 is 4.90 Å². The summed E-state index contributed by atoms with van der Waals surface area (Å²) in [7, 11) is 0. The van der Waals surface area contributed by atoms with Crippen molar-refractivity contribution < 1.29 is 4.79 Å². The minimum atomic E-state index is 0.0976. The molecule has 2 aromatic rings. The Morgan fingerprint density at radius 3 is 2.43 bits per heavy atom. The van der Waals surface area contributed by atoms with Crippen molar-refractivity contribution in [3.8, 4) is 0 Å². The number of fused-ring (bicyclic) bond motifs is 1. The average molecular weight is 325 g/mol. The van der Waals surface area contributed by atoms with Crippen LogP contribution in [0.25, 0.3) is 0 Å². The molecule has 120 valence electrons. The Kier molecular flexibility index (Phi) is 4.49. The number of anilines is 1. The molecule has 0 saturated carbocycles. The van der Waals surface area contributed by atoms with Crippen molar-refractivity contribution in [1.82, 2.24) is 0 Å². The van der Waals surface area contributed by atoms with Gasteiger partial charge in [0.15, 0.2) is 0 Å². The fraction of sp³-hybridized carbons (Fsp3) is 0.350. The summed E-state index contributed by atoms with van der Waals surface area (Å²) in [5, 5.41) is 0. The number of rotatable bonds is 1. The average Bonchev–Trinajstić information content (AvgIpc) is 2.76. The smallest absolute Gasteiger partial charge is 0.258 e. The van der Waals surface area contributed by atoms with Crippen LogP contribution in [-0.2, 0) is 5.41 Å². The Morgan fingerprint density at radius 2 is 1.74 bits per heavy atom. The molecule has 3 rings (SSSR count). The second-order valence-electron chi connectivity index (χ2n) is 6.95. The Morgan fingerprint density at radius 1 is 1.04 bits per heavy atom. The highest BCUT2D eigenvalue weighted by Crippen LogP contribution is 2.34. The van der Waals surface area contributed by atoms with E-state index in [2.05, 4.69) is 45.0 Å². The largest absolute Gasteiger partial charge is 0.307 e. The van der Waals surface area contributed by atoms with Gasteiger partial charge in [-0.25, -0.2) is 0 Å². The van der Waals surface area contributed by atoms with Crippen molar-refractivity contribution in [1.29, 1.82) is 0 Å². The Labute approximate surface area is 142 Å². The SMILES string of the molecule is CC(C)(C)c1ccc(C(=O)N2CCCSc3ccccc32)cc1. The number of nitrogens with zero attached hydrogens (tertiary/aromatic N) is 1. The number of benzene rings is 2. The number of thioether (sulfide) groups is 1. The molecule has 1 heterocycles. The zero-order valence-corrected chi connectivity index (χ0v) is 14.8. The first-order chi connectivity index (χ1) is 11.0. The van der Waals surface area contributed by atoms with Gasteiger partial charge in [-0.3, -0.25) is 4.79 Å². The van der Waals surface area contributed by atoms with E-state index in [1.165, 1.54) is 10.5 Å². The predicted molar refractivity (Wildman–Crippen MR) is 98.6 cm³/mol. The number of hydrogen-bond acceptors (Lipinski definition) is 2. The van der Waals surface area contributed by atoms with Crippen LogP contribution in [0, 0.1) is 0 Å². The molecule has 2 aromatic carbocycles. The first-order valence-corrected chi connectivity index (χ1v) is 9.09. The molecule has 0 fully saturated rings. The van der Waals surface area contributed by atoms with Crippen molar-refractivity contribution in [2.24, 2.45) is 0 Å². The van der Waals surface area contributed by atoms with Gasteiger partial charge in [0.1, 0.15) is 0 Å². The summed E-state index contributed by atoms with van der Waals surface area (Å²) >= 11 is 1.84. The summed E-state index contributed by atoms with van der Waals surface area (Å²) in [6.07, 6.45) is 1.02. The third-order valence-corrected chi connectivity index (χ3v) is 5.33. The van der Waals surface area contributed by atoms with Gasteiger partial charge >= 0.3 is 0 Å². The van der Waals surface area contributed by atoms with Gasteiger partial charge in [0.25, 0.3) is 5.91 Å². The summed E-state index contributed by atoms with van der Waals surface area (Å²) in [4.78, 5) is 16.1. The van der Waals surface area contributed by atoms with Crippen LogP contribution in [0.15, 0.2) is 53.4 Å². The lowest BCUT2D eigenvalue weighted by atomic mass is 9.86. The second-order valence-corrected chi connectivity index (χ2v) is 8.09. The molecule has 0 aromatic heterocycles. The van der Waals surface area contributed by atoms with Crippen molar-refractivity contribution in [2.75, 3.05) is 17.2 Å². The highest BCUT2D eigenvalue weighted by Gasteiger charge is 2.23. The van der Waals surface area contributed by atoms with Crippen LogP contribution in [0.2, 0.25) is 0 Å². The number of hydrogen-bond donors (Lipinski definition) is 0. The van der Waals surface area contributed by atoms with Crippen LogP contribution in [0.5, 0.6) is 0 Å². The number of amides is 1. The molecule has 0 spiro atoms. The molecule has 3 heteroatoms. The quantitative estimate of drug-likeness (QED) is 0.724. The monoisotopic (exact) mass is 325 g/mol. The van der Waals surface area contributed by atoms with Crippen molar-refractivity contribution in [2.45, 2.75) is 37.5 Å². The molecule has 2 nitrogen and oxygen atoms in total. The van der Waals surface area contributed by atoms with Gasteiger partial charge in [0.05, 0.1) is 5.69 Å². The predicted octanol–water partition coefficient (Wildman–Crippen LogP) is 5.13. The fourth-order valence-corrected chi connectivity index (χ4v) is 3.80. The maximum absolute atomic E-state index is 13.0. The number of para-hydroxylation sites is 1. The molecule has 0 bridgehead atoms. The lowest BCUT2D eigenvalue weighted by Gasteiger charge is -2.23. The summed E-state index contributed by atoms with van der Waals surface area (Å²) in [5.41, 5.74) is 3.16. The van der Waals surface area contributed by atoms with E-state index in [4.69, 9.17) is 0 Å². The van der Waals surface area contributed by atoms with Gasteiger partial charge in [-0.2, -0.15) is 0 Å². The van der Waals surface area contributed by atoms with Crippen LogP contribution in [0.4, 0.5) is 5.69 Å². The topological polar surface area (TPSA) is 20.3 Å². The maximum atomic E-state index is 13.0. The lowest BCUT2D eigenvalue weighted by Crippen LogP contribution is -2.31. The molecule has 0 atom stereocenters. The molecule has 0 aliphatic carbocycles. The second kappa shape index (κ2) is 6.40. The van der Waals surface area contributed by atoms with Gasteiger partial charge < -0.3 is 4.90 Å². The van der Waals surface area contributed by atoms with Crippen molar-refractivity contribution >= 4 is 23.4 Å². The molecule has 1 aliphatic heterocycles. The van der Waals surface area contributed by atoms with E-state index in [9.17, 15) is 4.79 Å². The zero-order chi connectivity index (χ0) is 16.4. The minimum Gasteiger partial charge on any atom is -0.307 e. The van der Waals surface area contributed by atoms with E-state index >= 15 is 0 Å². The van der Waals surface area contributed by atoms with Crippen LogP contribution in [0.3, 0.4) is 0 Å². The molecule has 1 aliphatic rings. The number of carbonyl (C=O) groups excluding carboxylic acids is 1. The van der Waals surface area contributed by atoms with Crippen molar-refractivity contribution in [3.05, 3.63) is 59.7 Å². The molecule has 0 unspecified atom stereocenters. The zero-order valence-electron chi connectivity index (χ0n) is 14.0. The third-order valence-electron chi connectivity index (χ3n) is 4.18. The van der Waals surface area contributed by atoms with E-state index in [-0.39, 0.29) is 11.3 Å². The molecular weight excluding hydrogens is 302 g/mol. The van der Waals surface area contributed by atoms with Crippen LogP contribution >= 0.6 is 11.8 Å². The molecule has 1 amide bonds. The fourth-order valence-electron chi connectivity index (χ4n) is 2.81. The van der Waals surface area contributed by atoms with E-state index in [1.807, 2.05) is 40.9 Å². The van der Waals surface area contributed by atoms with E-state index < -0.39 is 0 Å². The summed E-state index contributed by atoms with van der Waals surface area (Å²) in [5.74, 6) is 1.16. The van der Waals surface area contributed by atoms with Gasteiger partial charge in [0.2, 0.25) is 0 Å². The lowest BCUT2D eigenvalue weighted by molar-refractivity contribution is 0.0986. The Hall–Kier alpha value is -1.74. The first kappa shape index (κ1) is 16.1. The number of carbonyl (C=O) groups is 1. The normalized spacial score (nSPS) is 15.0. The summed E-state index contributed by atoms with van der Waals surface area (Å²) in [6.45, 7) is 7.34. The Bertz CT molecular complexity index is 700. The van der Waals surface area contributed by atoms with Gasteiger partial charge in [-0.05, 0) is 47.4 Å². The summed E-state index contributed by atoms with van der Waals surface area (Å²) in [6, 6.07) is 16.3. The molecular formula is C20H23NOS. The molecule has 0 saturated heterocycles. The van der Waals surface area contributed by atoms with E-state index in [0.29, 0.717) is 0 Å². The van der Waals surface area contributed by atoms with E-state index in [1.54, 1.807) is 0 Å². The molecule has 0 N–H and O–H groups in total. The standard InChI is InChI=1S/C20H23NOS/c1-20(2,3)16-11-9-15(10-12-16)19(22)21-13-6-14-23-18-8-5-4-7-17(18)21/h4-5,7-12H,6,13-14H2,1-3H3. The van der Waals surface area contributed by atoms with E-state index in [0.717, 1.165) is 30.0 Å². The Balaban J connectivity index is 1.91. The molecule has 0 radical (unpaired) electrons. The highest BCUT2D eigenvalue weighted by atomic mass is 32.2. The van der Waals surface area contributed by atoms with Crippen LogP contribution in [-0.4, -0.2) is 18.2 Å². The van der Waals surface area contributed by atoms with Gasteiger partial charge in [-0.15, -0.1) is 11.8 Å². The van der Waals surface area contributed by atoms with Gasteiger partial charge in [-0.1, -0.05) is 45.0 Å². The molecule has 23 heavy (non-hydrogen) atoms. The minimum absolute atomic E-state index is 0.0976. The van der Waals surface area contributed by atoms with Gasteiger partial charge in [0, 0.05) is 17.0 Å². The first-order valence-electron chi connectivity index (χ1n) is 8.11. The summed E-state index contributed by atoms with van der Waals surface area (Å²) < 4.78 is 0. The van der Waals surface area contributed by atoms with Crippen molar-refractivity contribution in [3.63, 3.8) is 0 Å². The highest BCUT2D eigenvalue weighted by molar-refractivity contribution is 7.99.